The highest BCUT2D eigenvalue weighted by molar-refractivity contribution is 8.13. The molecule has 0 bridgehead atoms. The molecule has 0 aliphatic rings. The maximum Gasteiger partial charge on any atom is 0.186 e. The Morgan fingerprint density at radius 2 is 2.27 bits per heavy atom. The van der Waals surface area contributed by atoms with Gasteiger partial charge in [0.2, 0.25) is 0 Å². The summed E-state index contributed by atoms with van der Waals surface area (Å²) in [5.74, 6) is 0.721. The van der Waals surface area contributed by atoms with Gasteiger partial charge in [0, 0.05) is 18.4 Å². The van der Waals surface area contributed by atoms with E-state index in [1.165, 1.54) is 11.8 Å². The molecule has 0 aromatic heterocycles. The molecule has 15 heavy (non-hydrogen) atoms. The van der Waals surface area contributed by atoms with Crippen molar-refractivity contribution in [2.45, 2.75) is 13.8 Å². The number of aryl methyl sites for hydroxylation is 1. The van der Waals surface area contributed by atoms with Gasteiger partial charge < -0.3 is 5.73 Å². The highest BCUT2D eigenvalue weighted by Gasteiger charge is 1.94. The molecule has 0 atom stereocenters. The van der Waals surface area contributed by atoms with E-state index in [2.05, 4.69) is 0 Å². The molecule has 3 heteroatoms. The number of anilines is 1. The maximum atomic E-state index is 10.7. The highest BCUT2D eigenvalue weighted by Crippen LogP contribution is 2.14. The van der Waals surface area contributed by atoms with Gasteiger partial charge in [0.05, 0.1) is 0 Å². The van der Waals surface area contributed by atoms with Gasteiger partial charge in [0.1, 0.15) is 0 Å². The molecule has 0 unspecified atom stereocenters. The molecule has 1 aromatic carbocycles. The first-order valence-corrected chi connectivity index (χ1v) is 5.74. The molecule has 2 nitrogen and oxygen atoms in total. The van der Waals surface area contributed by atoms with E-state index in [1.807, 2.05) is 37.3 Å². The summed E-state index contributed by atoms with van der Waals surface area (Å²) in [6.07, 6.45) is 4.01. The third kappa shape index (κ3) is 4.21. The molecule has 2 N–H and O–H groups in total. The van der Waals surface area contributed by atoms with Gasteiger partial charge in [-0.3, -0.25) is 4.79 Å². The van der Waals surface area contributed by atoms with Crippen molar-refractivity contribution in [1.29, 1.82) is 0 Å². The molecular weight excluding hydrogens is 206 g/mol. The molecule has 0 spiro atoms. The van der Waals surface area contributed by atoms with Gasteiger partial charge in [0.25, 0.3) is 0 Å². The van der Waals surface area contributed by atoms with Crippen molar-refractivity contribution in [3.8, 4) is 0 Å². The van der Waals surface area contributed by atoms with Crippen molar-refractivity contribution >= 4 is 28.6 Å². The van der Waals surface area contributed by atoms with Gasteiger partial charge in [-0.15, -0.1) is 0 Å². The molecule has 0 fully saturated rings. The first-order valence-electron chi connectivity index (χ1n) is 4.75. The van der Waals surface area contributed by atoms with Gasteiger partial charge in [-0.05, 0) is 30.2 Å². The number of thioether (sulfide) groups is 1. The van der Waals surface area contributed by atoms with Crippen LogP contribution in [0, 0.1) is 6.92 Å². The topological polar surface area (TPSA) is 43.1 Å². The third-order valence-corrected chi connectivity index (χ3v) is 2.74. The lowest BCUT2D eigenvalue weighted by Gasteiger charge is -2.01. The Labute approximate surface area is 94.6 Å². The van der Waals surface area contributed by atoms with Crippen LogP contribution in [0.2, 0.25) is 0 Å². The van der Waals surface area contributed by atoms with E-state index >= 15 is 0 Å². The van der Waals surface area contributed by atoms with E-state index in [9.17, 15) is 4.79 Å². The first kappa shape index (κ1) is 11.9. The smallest absolute Gasteiger partial charge is 0.186 e. The van der Waals surface area contributed by atoms with Crippen LogP contribution in [0.3, 0.4) is 0 Å². The lowest BCUT2D eigenvalue weighted by Crippen LogP contribution is -1.87. The van der Waals surface area contributed by atoms with Gasteiger partial charge >= 0.3 is 0 Å². The van der Waals surface area contributed by atoms with Gasteiger partial charge in [-0.25, -0.2) is 0 Å². The van der Waals surface area contributed by atoms with Crippen LogP contribution in [-0.4, -0.2) is 10.9 Å². The van der Waals surface area contributed by atoms with Crippen molar-refractivity contribution in [2.75, 3.05) is 11.5 Å². The summed E-state index contributed by atoms with van der Waals surface area (Å²) < 4.78 is 0. The van der Waals surface area contributed by atoms with Crippen LogP contribution in [0.5, 0.6) is 0 Å². The molecule has 1 aromatic rings. The Hall–Kier alpha value is -1.22. The molecule has 1 rings (SSSR count). The van der Waals surface area contributed by atoms with Crippen LogP contribution in [0.4, 0.5) is 5.69 Å². The second kappa shape index (κ2) is 5.61. The monoisotopic (exact) mass is 221 g/mol. The van der Waals surface area contributed by atoms with Crippen LogP contribution in [0.15, 0.2) is 24.3 Å². The molecule has 0 aliphatic carbocycles. The summed E-state index contributed by atoms with van der Waals surface area (Å²) in [4.78, 5) is 10.7. The number of hydrogen-bond acceptors (Lipinski definition) is 3. The fraction of sp³-hybridized carbons (Fsp3) is 0.250. The van der Waals surface area contributed by atoms with Crippen molar-refractivity contribution in [3.63, 3.8) is 0 Å². The van der Waals surface area contributed by atoms with Crippen LogP contribution in [0.25, 0.3) is 6.08 Å². The predicted octanol–water partition coefficient (Wildman–Crippen LogP) is 2.87. The number of carbonyl (C=O) groups is 1. The summed E-state index contributed by atoms with van der Waals surface area (Å²) in [6.45, 7) is 3.60. The zero-order valence-electron chi connectivity index (χ0n) is 8.99. The summed E-state index contributed by atoms with van der Waals surface area (Å²) in [5, 5.41) is 0.147. The molecule has 0 saturated heterocycles. The number of nitrogens with two attached hydrogens (primary N) is 1. The van der Waals surface area contributed by atoms with Crippen molar-refractivity contribution in [3.05, 3.63) is 35.4 Å². The average Bonchev–Trinajstić information content (AvgIpc) is 2.14. The zero-order valence-corrected chi connectivity index (χ0v) is 9.80. The number of rotatable bonds is 3. The lowest BCUT2D eigenvalue weighted by molar-refractivity contribution is -0.109. The first-order chi connectivity index (χ1) is 7.09. The Bertz CT molecular complexity index is 385. The fourth-order valence-electron chi connectivity index (χ4n) is 1.23. The van der Waals surface area contributed by atoms with E-state index in [4.69, 9.17) is 5.73 Å². The molecule has 0 heterocycles. The van der Waals surface area contributed by atoms with E-state index < -0.39 is 0 Å². The number of benzene rings is 1. The predicted molar refractivity (Wildman–Crippen MR) is 67.8 cm³/mol. The van der Waals surface area contributed by atoms with E-state index in [-0.39, 0.29) is 5.12 Å². The minimum atomic E-state index is 0.147. The van der Waals surface area contributed by atoms with E-state index in [0.29, 0.717) is 0 Å². The number of nitrogen functional groups attached to an aromatic ring is 1. The summed E-state index contributed by atoms with van der Waals surface area (Å²) in [7, 11) is 0. The standard InChI is InChI=1S/C12H15NOS/c1-9-8-12(13)6-5-11(9)4-3-7-15-10(2)14/h3-6,8H,7,13H2,1-2H3. The third-order valence-electron chi connectivity index (χ3n) is 1.97. The molecule has 0 radical (unpaired) electrons. The quantitative estimate of drug-likeness (QED) is 0.798. The second-order valence-electron chi connectivity index (χ2n) is 3.32. The van der Waals surface area contributed by atoms with Gasteiger partial charge in [-0.2, -0.15) is 0 Å². The largest absolute Gasteiger partial charge is 0.399 e. The molecular formula is C12H15NOS. The Kier molecular flexibility index (Phi) is 4.43. The molecule has 0 aliphatic heterocycles. The van der Waals surface area contributed by atoms with Crippen LogP contribution < -0.4 is 5.73 Å². The maximum absolute atomic E-state index is 10.7. The van der Waals surface area contributed by atoms with Crippen LogP contribution in [-0.2, 0) is 4.79 Å². The van der Waals surface area contributed by atoms with Crippen molar-refractivity contribution < 1.29 is 4.79 Å². The SMILES string of the molecule is CC(=O)SCC=Cc1ccc(N)cc1C. The molecule has 80 valence electrons. The van der Waals surface area contributed by atoms with Crippen molar-refractivity contribution in [1.82, 2.24) is 0 Å². The van der Waals surface area contributed by atoms with Crippen LogP contribution >= 0.6 is 11.8 Å². The Morgan fingerprint density at radius 1 is 1.53 bits per heavy atom. The van der Waals surface area contributed by atoms with Crippen LogP contribution in [0.1, 0.15) is 18.1 Å². The number of carbonyl (C=O) groups excluding carboxylic acids is 1. The molecule has 0 amide bonds. The minimum Gasteiger partial charge on any atom is -0.399 e. The fourth-order valence-corrected chi connectivity index (χ4v) is 1.65. The second-order valence-corrected chi connectivity index (χ2v) is 4.52. The Morgan fingerprint density at radius 3 is 2.87 bits per heavy atom. The summed E-state index contributed by atoms with van der Waals surface area (Å²) in [6, 6.07) is 5.81. The van der Waals surface area contributed by atoms with E-state index in [1.54, 1.807) is 6.92 Å². The average molecular weight is 221 g/mol. The number of hydrogen-bond donors (Lipinski definition) is 1. The minimum absolute atomic E-state index is 0.147. The summed E-state index contributed by atoms with van der Waals surface area (Å²) >= 11 is 1.31. The van der Waals surface area contributed by atoms with E-state index in [0.717, 1.165) is 22.6 Å². The van der Waals surface area contributed by atoms with Crippen molar-refractivity contribution in [2.24, 2.45) is 0 Å². The van der Waals surface area contributed by atoms with Gasteiger partial charge in [0.15, 0.2) is 5.12 Å². The lowest BCUT2D eigenvalue weighted by atomic mass is 10.1. The van der Waals surface area contributed by atoms with Gasteiger partial charge in [-0.1, -0.05) is 30.0 Å². The molecule has 0 saturated carbocycles. The normalized spacial score (nSPS) is 10.8. The highest BCUT2D eigenvalue weighted by atomic mass is 32.2. The zero-order chi connectivity index (χ0) is 11.3. The summed E-state index contributed by atoms with van der Waals surface area (Å²) in [5.41, 5.74) is 8.73. The Balaban J connectivity index is 2.60.